The van der Waals surface area contributed by atoms with Crippen LogP contribution in [0.2, 0.25) is 0 Å². The first-order valence-corrected chi connectivity index (χ1v) is 5.98. The summed E-state index contributed by atoms with van der Waals surface area (Å²) in [7, 11) is 0. The van der Waals surface area contributed by atoms with Crippen molar-refractivity contribution in [2.45, 2.75) is 46.1 Å². The molecule has 2 nitrogen and oxygen atoms in total. The molecule has 0 aliphatic heterocycles. The van der Waals surface area contributed by atoms with Gasteiger partial charge in [0.1, 0.15) is 0 Å². The minimum absolute atomic E-state index is 0.460. The molecule has 0 saturated heterocycles. The molecule has 2 N–H and O–H groups in total. The van der Waals surface area contributed by atoms with Crippen molar-refractivity contribution in [1.82, 2.24) is 0 Å². The largest absolute Gasteiger partial charge is 0.377 e. The van der Waals surface area contributed by atoms with Crippen LogP contribution in [-0.4, -0.2) is 19.3 Å². The molecular formula is C12H25NO. The summed E-state index contributed by atoms with van der Waals surface area (Å²) in [5.74, 6) is 2.27. The first-order chi connectivity index (χ1) is 6.66. The molecule has 1 aliphatic rings. The summed E-state index contributed by atoms with van der Waals surface area (Å²) in [6, 6.07) is 0. The van der Waals surface area contributed by atoms with E-state index in [0.717, 1.165) is 24.4 Å². The third-order valence-electron chi connectivity index (χ3n) is 3.45. The molecule has 0 heterocycles. The van der Waals surface area contributed by atoms with Gasteiger partial charge in [-0.05, 0) is 24.2 Å². The molecule has 0 bridgehead atoms. The number of hydrogen-bond donors (Lipinski definition) is 1. The molecule has 1 rings (SSSR count). The smallest absolute Gasteiger partial charge is 0.0608 e. The first-order valence-electron chi connectivity index (χ1n) is 5.98. The van der Waals surface area contributed by atoms with Crippen molar-refractivity contribution >= 4 is 0 Å². The minimum Gasteiger partial charge on any atom is -0.377 e. The summed E-state index contributed by atoms with van der Waals surface area (Å²) in [6.07, 6.45) is 4.38. The van der Waals surface area contributed by atoms with E-state index in [2.05, 4.69) is 20.8 Å². The summed E-state index contributed by atoms with van der Waals surface area (Å²) >= 11 is 0. The first kappa shape index (κ1) is 12.0. The topological polar surface area (TPSA) is 35.2 Å². The quantitative estimate of drug-likeness (QED) is 0.754. The van der Waals surface area contributed by atoms with Gasteiger partial charge in [-0.2, -0.15) is 0 Å². The Kier molecular flexibility index (Phi) is 4.90. The lowest BCUT2D eigenvalue weighted by atomic mass is 9.72. The van der Waals surface area contributed by atoms with Crippen molar-refractivity contribution in [2.24, 2.45) is 23.5 Å². The Morgan fingerprint density at radius 1 is 1.36 bits per heavy atom. The van der Waals surface area contributed by atoms with E-state index in [0.29, 0.717) is 12.6 Å². The summed E-state index contributed by atoms with van der Waals surface area (Å²) in [4.78, 5) is 0. The molecule has 1 fully saturated rings. The monoisotopic (exact) mass is 199 g/mol. The molecule has 3 atom stereocenters. The number of rotatable bonds is 4. The zero-order valence-corrected chi connectivity index (χ0v) is 9.83. The SMILES string of the molecule is CC(C)[C@@H]1[C@H](C)CCC[C@H]1OCCN. The lowest BCUT2D eigenvalue weighted by Gasteiger charge is -2.39. The lowest BCUT2D eigenvalue weighted by molar-refractivity contribution is -0.0435. The molecule has 2 heteroatoms. The molecule has 84 valence electrons. The summed E-state index contributed by atoms with van der Waals surface area (Å²) < 4.78 is 5.85. The highest BCUT2D eigenvalue weighted by Gasteiger charge is 2.33. The molecule has 0 spiro atoms. The predicted molar refractivity (Wildman–Crippen MR) is 60.1 cm³/mol. The van der Waals surface area contributed by atoms with Gasteiger partial charge >= 0.3 is 0 Å². The van der Waals surface area contributed by atoms with E-state index >= 15 is 0 Å². The van der Waals surface area contributed by atoms with Crippen molar-refractivity contribution < 1.29 is 4.74 Å². The minimum atomic E-state index is 0.460. The highest BCUT2D eigenvalue weighted by atomic mass is 16.5. The van der Waals surface area contributed by atoms with Crippen LogP contribution in [-0.2, 0) is 4.74 Å². The molecule has 0 unspecified atom stereocenters. The molecule has 0 aromatic carbocycles. The van der Waals surface area contributed by atoms with E-state index < -0.39 is 0 Å². The highest BCUT2D eigenvalue weighted by molar-refractivity contribution is 4.82. The van der Waals surface area contributed by atoms with Crippen LogP contribution < -0.4 is 5.73 Å². The Bertz CT molecular complexity index is 158. The molecule has 14 heavy (non-hydrogen) atoms. The third-order valence-corrected chi connectivity index (χ3v) is 3.45. The molecule has 0 radical (unpaired) electrons. The summed E-state index contributed by atoms with van der Waals surface area (Å²) in [5, 5.41) is 0. The van der Waals surface area contributed by atoms with Gasteiger partial charge in [0.25, 0.3) is 0 Å². The van der Waals surface area contributed by atoms with Crippen molar-refractivity contribution in [3.8, 4) is 0 Å². The Morgan fingerprint density at radius 2 is 2.07 bits per heavy atom. The third kappa shape index (κ3) is 2.96. The van der Waals surface area contributed by atoms with Gasteiger partial charge in [0.2, 0.25) is 0 Å². The molecule has 0 aromatic rings. The zero-order valence-electron chi connectivity index (χ0n) is 9.83. The predicted octanol–water partition coefficient (Wildman–Crippen LogP) is 2.42. The normalized spacial score (nSPS) is 33.6. The molecule has 1 saturated carbocycles. The van der Waals surface area contributed by atoms with Crippen LogP contribution in [0.4, 0.5) is 0 Å². The van der Waals surface area contributed by atoms with Gasteiger partial charge in [-0.25, -0.2) is 0 Å². The second-order valence-electron chi connectivity index (χ2n) is 4.93. The lowest BCUT2D eigenvalue weighted by Crippen LogP contribution is -2.37. The van der Waals surface area contributed by atoms with Crippen LogP contribution in [0.3, 0.4) is 0 Å². The van der Waals surface area contributed by atoms with Gasteiger partial charge < -0.3 is 10.5 Å². The van der Waals surface area contributed by atoms with Crippen LogP contribution in [0, 0.1) is 17.8 Å². The van der Waals surface area contributed by atoms with Crippen molar-refractivity contribution in [3.63, 3.8) is 0 Å². The van der Waals surface area contributed by atoms with E-state index in [-0.39, 0.29) is 0 Å². The van der Waals surface area contributed by atoms with Gasteiger partial charge in [0.05, 0.1) is 12.7 Å². The zero-order chi connectivity index (χ0) is 10.6. The van der Waals surface area contributed by atoms with Crippen molar-refractivity contribution in [1.29, 1.82) is 0 Å². The van der Waals surface area contributed by atoms with Crippen LogP contribution in [0.5, 0.6) is 0 Å². The average Bonchev–Trinajstić information content (AvgIpc) is 2.14. The number of ether oxygens (including phenoxy) is 1. The maximum atomic E-state index is 5.85. The Morgan fingerprint density at radius 3 is 2.64 bits per heavy atom. The fourth-order valence-corrected chi connectivity index (χ4v) is 2.89. The van der Waals surface area contributed by atoms with E-state index in [9.17, 15) is 0 Å². The van der Waals surface area contributed by atoms with E-state index in [1.165, 1.54) is 19.3 Å². The maximum absolute atomic E-state index is 5.85. The van der Waals surface area contributed by atoms with Crippen LogP contribution in [0.15, 0.2) is 0 Å². The van der Waals surface area contributed by atoms with E-state index in [1.54, 1.807) is 0 Å². The fraction of sp³-hybridized carbons (Fsp3) is 1.00. The van der Waals surface area contributed by atoms with Gasteiger partial charge in [-0.15, -0.1) is 0 Å². The van der Waals surface area contributed by atoms with Crippen molar-refractivity contribution in [3.05, 3.63) is 0 Å². The maximum Gasteiger partial charge on any atom is 0.0608 e. The van der Waals surface area contributed by atoms with E-state index in [4.69, 9.17) is 10.5 Å². The second-order valence-corrected chi connectivity index (χ2v) is 4.93. The molecule has 0 aromatic heterocycles. The molecule has 1 aliphatic carbocycles. The van der Waals surface area contributed by atoms with Crippen LogP contribution >= 0.6 is 0 Å². The van der Waals surface area contributed by atoms with Gasteiger partial charge in [-0.3, -0.25) is 0 Å². The summed E-state index contributed by atoms with van der Waals surface area (Å²) in [6.45, 7) is 8.36. The van der Waals surface area contributed by atoms with Gasteiger partial charge in [0, 0.05) is 6.54 Å². The second kappa shape index (κ2) is 5.72. The van der Waals surface area contributed by atoms with Gasteiger partial charge in [-0.1, -0.05) is 33.6 Å². The number of hydrogen-bond acceptors (Lipinski definition) is 2. The van der Waals surface area contributed by atoms with Crippen molar-refractivity contribution in [2.75, 3.05) is 13.2 Å². The Labute approximate surface area is 88.2 Å². The number of nitrogens with two attached hydrogens (primary N) is 1. The average molecular weight is 199 g/mol. The fourth-order valence-electron chi connectivity index (χ4n) is 2.89. The molecule has 0 amide bonds. The van der Waals surface area contributed by atoms with E-state index in [1.807, 2.05) is 0 Å². The van der Waals surface area contributed by atoms with Crippen LogP contribution in [0.25, 0.3) is 0 Å². The summed E-state index contributed by atoms with van der Waals surface area (Å²) in [5.41, 5.74) is 5.48. The highest BCUT2D eigenvalue weighted by Crippen LogP contribution is 2.36. The van der Waals surface area contributed by atoms with Gasteiger partial charge in [0.15, 0.2) is 0 Å². The Hall–Kier alpha value is -0.0800. The van der Waals surface area contributed by atoms with Crippen LogP contribution in [0.1, 0.15) is 40.0 Å². The standard InChI is InChI=1S/C12H25NO/c1-9(2)12-10(3)5-4-6-11(12)14-8-7-13/h9-12H,4-8,13H2,1-3H3/t10-,11-,12-/m1/s1. The molecular weight excluding hydrogens is 174 g/mol. The Balaban J connectivity index is 2.51.